The predicted molar refractivity (Wildman–Crippen MR) is 198 cm³/mol. The van der Waals surface area contributed by atoms with Crippen LogP contribution in [-0.4, -0.2) is 50.4 Å². The molecule has 0 bridgehead atoms. The highest BCUT2D eigenvalue weighted by atomic mass is 35.5. The van der Waals surface area contributed by atoms with Gasteiger partial charge in [-0.05, 0) is 84.6 Å². The van der Waals surface area contributed by atoms with Crippen molar-refractivity contribution in [3.8, 4) is 23.0 Å². The third-order valence-corrected chi connectivity index (χ3v) is 7.99. The average molecular weight is 748 g/mol. The number of unbranched alkanes of at least 4 members (excludes halogenated alkanes) is 3. The van der Waals surface area contributed by atoms with E-state index in [0.29, 0.717) is 35.5 Å². The number of carbonyl (C=O) groups is 4. The van der Waals surface area contributed by atoms with Gasteiger partial charge in [-0.1, -0.05) is 60.3 Å². The lowest BCUT2D eigenvalue weighted by atomic mass is 10.1. The Morgan fingerprint density at radius 3 is 1.37 bits per heavy atom. The molecular formula is C38H36Cl2N4O8. The molecule has 2 N–H and O–H groups in total. The summed E-state index contributed by atoms with van der Waals surface area (Å²) in [6.07, 6.45) is 6.22. The van der Waals surface area contributed by atoms with Gasteiger partial charge in [0, 0.05) is 12.8 Å². The molecule has 2 amide bonds. The second-order valence-corrected chi connectivity index (χ2v) is 11.9. The van der Waals surface area contributed by atoms with Crippen molar-refractivity contribution in [1.29, 1.82) is 0 Å². The van der Waals surface area contributed by atoms with Crippen molar-refractivity contribution < 1.29 is 38.1 Å². The molecular weight excluding hydrogens is 711 g/mol. The SMILES string of the molecule is COc1cc(C=NNC(=O)CCCCCCC(=O)NN=Cc2ccc(OC(=O)c3ccccc3Cl)c(OC)c2)ccc1OC(=O)c1ccccc1Cl. The number of amides is 2. The van der Waals surface area contributed by atoms with E-state index in [9.17, 15) is 19.2 Å². The maximum atomic E-state index is 12.5. The third kappa shape index (κ3) is 12.0. The Hall–Kier alpha value is -5.72. The Labute approximate surface area is 310 Å². The van der Waals surface area contributed by atoms with E-state index in [4.69, 9.17) is 42.1 Å². The van der Waals surface area contributed by atoms with E-state index in [1.165, 1.54) is 26.6 Å². The molecule has 52 heavy (non-hydrogen) atoms. The van der Waals surface area contributed by atoms with Gasteiger partial charge in [0.1, 0.15) is 0 Å². The van der Waals surface area contributed by atoms with Crippen LogP contribution >= 0.6 is 23.2 Å². The lowest BCUT2D eigenvalue weighted by Crippen LogP contribution is -2.17. The van der Waals surface area contributed by atoms with Crippen LogP contribution in [0.5, 0.6) is 23.0 Å². The Kier molecular flexibility index (Phi) is 15.2. The number of hydrogen-bond donors (Lipinski definition) is 2. The average Bonchev–Trinajstić information content (AvgIpc) is 3.14. The molecule has 4 aromatic rings. The molecule has 0 saturated carbocycles. The summed E-state index contributed by atoms with van der Waals surface area (Å²) in [5, 5.41) is 8.54. The molecule has 14 heteroatoms. The lowest BCUT2D eigenvalue weighted by Gasteiger charge is -2.10. The molecule has 0 aliphatic heterocycles. The summed E-state index contributed by atoms with van der Waals surface area (Å²) >= 11 is 12.2. The summed E-state index contributed by atoms with van der Waals surface area (Å²) in [5.74, 6) is -0.709. The number of hydrogen-bond acceptors (Lipinski definition) is 10. The fraction of sp³-hybridized carbons (Fsp3) is 0.211. The van der Waals surface area contributed by atoms with E-state index in [-0.39, 0.29) is 57.3 Å². The monoisotopic (exact) mass is 746 g/mol. The molecule has 12 nitrogen and oxygen atoms in total. The van der Waals surface area contributed by atoms with Crippen LogP contribution in [0.4, 0.5) is 0 Å². The van der Waals surface area contributed by atoms with Crippen LogP contribution in [0.3, 0.4) is 0 Å². The normalized spacial score (nSPS) is 10.9. The Bertz CT molecular complexity index is 1810. The molecule has 0 radical (unpaired) electrons. The van der Waals surface area contributed by atoms with Gasteiger partial charge in [-0.25, -0.2) is 20.4 Å². The highest BCUT2D eigenvalue weighted by Crippen LogP contribution is 2.30. The van der Waals surface area contributed by atoms with Gasteiger partial charge < -0.3 is 18.9 Å². The van der Waals surface area contributed by atoms with E-state index in [0.717, 1.165) is 12.8 Å². The number of nitrogens with one attached hydrogen (secondary N) is 2. The first-order valence-corrected chi connectivity index (χ1v) is 16.9. The number of halogens is 2. The van der Waals surface area contributed by atoms with Gasteiger partial charge in [0.25, 0.3) is 0 Å². The smallest absolute Gasteiger partial charge is 0.345 e. The minimum absolute atomic E-state index is 0.208. The molecule has 0 unspecified atom stereocenters. The maximum Gasteiger partial charge on any atom is 0.345 e. The summed E-state index contributed by atoms with van der Waals surface area (Å²) < 4.78 is 21.6. The molecule has 0 aliphatic carbocycles. The fourth-order valence-corrected chi connectivity index (χ4v) is 5.08. The van der Waals surface area contributed by atoms with E-state index in [1.807, 2.05) is 0 Å². The molecule has 0 spiro atoms. The van der Waals surface area contributed by atoms with Gasteiger partial charge in [-0.3, -0.25) is 9.59 Å². The van der Waals surface area contributed by atoms with Crippen LogP contribution in [0.2, 0.25) is 10.0 Å². The van der Waals surface area contributed by atoms with Gasteiger partial charge in [0.2, 0.25) is 11.8 Å². The van der Waals surface area contributed by atoms with Crippen molar-refractivity contribution in [3.05, 3.63) is 117 Å². The fourth-order valence-electron chi connectivity index (χ4n) is 4.65. The first kappa shape index (κ1) is 39.1. The molecule has 4 aromatic carbocycles. The second kappa shape index (κ2) is 20.2. The van der Waals surface area contributed by atoms with Crippen LogP contribution in [0, 0.1) is 0 Å². The summed E-state index contributed by atoms with van der Waals surface area (Å²) in [6, 6.07) is 22.8. The highest BCUT2D eigenvalue weighted by molar-refractivity contribution is 6.34. The van der Waals surface area contributed by atoms with Crippen molar-refractivity contribution in [2.24, 2.45) is 10.2 Å². The van der Waals surface area contributed by atoms with Crippen molar-refractivity contribution in [2.75, 3.05) is 14.2 Å². The second-order valence-electron chi connectivity index (χ2n) is 11.1. The van der Waals surface area contributed by atoms with Crippen molar-refractivity contribution in [1.82, 2.24) is 10.9 Å². The van der Waals surface area contributed by atoms with Gasteiger partial charge in [0.15, 0.2) is 23.0 Å². The van der Waals surface area contributed by atoms with Crippen molar-refractivity contribution >= 4 is 59.4 Å². The van der Waals surface area contributed by atoms with Crippen LogP contribution in [0.15, 0.2) is 95.1 Å². The van der Waals surface area contributed by atoms with Crippen molar-refractivity contribution in [3.63, 3.8) is 0 Å². The number of hydrazone groups is 2. The number of benzene rings is 4. The molecule has 0 aliphatic rings. The van der Waals surface area contributed by atoms with Gasteiger partial charge in [-0.15, -0.1) is 0 Å². The van der Waals surface area contributed by atoms with E-state index in [1.54, 1.807) is 84.9 Å². The van der Waals surface area contributed by atoms with E-state index < -0.39 is 11.9 Å². The minimum Gasteiger partial charge on any atom is -0.493 e. The topological polar surface area (TPSA) is 154 Å². The summed E-state index contributed by atoms with van der Waals surface area (Å²) in [6.45, 7) is 0. The van der Waals surface area contributed by atoms with Crippen LogP contribution in [-0.2, 0) is 9.59 Å². The number of ether oxygens (including phenoxy) is 4. The number of esters is 2. The molecule has 4 rings (SSSR count). The Morgan fingerprint density at radius 1 is 0.577 bits per heavy atom. The lowest BCUT2D eigenvalue weighted by molar-refractivity contribution is -0.122. The zero-order chi connectivity index (χ0) is 37.3. The molecule has 0 fully saturated rings. The largest absolute Gasteiger partial charge is 0.493 e. The van der Waals surface area contributed by atoms with Gasteiger partial charge in [-0.2, -0.15) is 10.2 Å². The zero-order valence-electron chi connectivity index (χ0n) is 28.4. The summed E-state index contributed by atoms with van der Waals surface area (Å²) in [4.78, 5) is 49.4. The van der Waals surface area contributed by atoms with Crippen LogP contribution < -0.4 is 29.8 Å². The predicted octanol–water partition coefficient (Wildman–Crippen LogP) is 7.39. The number of carbonyl (C=O) groups excluding carboxylic acids is 4. The molecule has 0 heterocycles. The quantitative estimate of drug-likeness (QED) is 0.0373. The molecule has 0 aromatic heterocycles. The van der Waals surface area contributed by atoms with Crippen molar-refractivity contribution in [2.45, 2.75) is 38.5 Å². The Balaban J connectivity index is 1.11. The first-order valence-electron chi connectivity index (χ1n) is 16.1. The molecule has 0 atom stereocenters. The Morgan fingerprint density at radius 2 is 0.981 bits per heavy atom. The summed E-state index contributed by atoms with van der Waals surface area (Å²) in [7, 11) is 2.89. The maximum absolute atomic E-state index is 12.5. The number of methoxy groups -OCH3 is 2. The number of nitrogens with zero attached hydrogens (tertiary/aromatic N) is 2. The third-order valence-electron chi connectivity index (χ3n) is 7.33. The highest BCUT2D eigenvalue weighted by Gasteiger charge is 2.17. The first-order chi connectivity index (χ1) is 25.2. The van der Waals surface area contributed by atoms with Gasteiger partial charge >= 0.3 is 11.9 Å². The number of rotatable bonds is 17. The summed E-state index contributed by atoms with van der Waals surface area (Å²) in [5.41, 5.74) is 6.67. The van der Waals surface area contributed by atoms with Gasteiger partial charge in [0.05, 0.1) is 47.8 Å². The van der Waals surface area contributed by atoms with Crippen LogP contribution in [0.1, 0.15) is 70.4 Å². The van der Waals surface area contributed by atoms with Crippen LogP contribution in [0.25, 0.3) is 0 Å². The van der Waals surface area contributed by atoms with E-state index >= 15 is 0 Å². The molecule has 270 valence electrons. The molecule has 0 saturated heterocycles. The standard InChI is InChI=1S/C38H36Cl2N4O8/c1-49-33-21-25(17-19-31(33)51-37(47)27-11-7-9-13-29(27)39)23-41-43-35(45)15-5-3-4-6-16-36(46)44-42-24-26-18-20-32(34(22-26)50-2)52-38(48)28-12-8-10-14-30(28)40/h7-14,17-24H,3-6,15-16H2,1-2H3,(H,43,45)(H,44,46). The zero-order valence-corrected chi connectivity index (χ0v) is 29.9. The minimum atomic E-state index is -0.620. The van der Waals surface area contributed by atoms with E-state index in [2.05, 4.69) is 21.1 Å².